The van der Waals surface area contributed by atoms with Gasteiger partial charge in [0.2, 0.25) is 5.78 Å². The third-order valence-corrected chi connectivity index (χ3v) is 2.91. The van der Waals surface area contributed by atoms with Crippen LogP contribution in [0.3, 0.4) is 0 Å². The number of hydrogen-bond acceptors (Lipinski definition) is 4. The van der Waals surface area contributed by atoms with Gasteiger partial charge in [0.25, 0.3) is 0 Å². The van der Waals surface area contributed by atoms with Gasteiger partial charge in [0.15, 0.2) is 0 Å². The molecule has 0 unspecified atom stereocenters. The van der Waals surface area contributed by atoms with Crippen LogP contribution in [0.4, 0.5) is 0 Å². The molecule has 0 radical (unpaired) electrons. The Bertz CT molecular complexity index is 787. The van der Waals surface area contributed by atoms with Crippen molar-refractivity contribution < 1.29 is 24.6 Å². The number of benzene rings is 1. The summed E-state index contributed by atoms with van der Waals surface area (Å²) in [4.78, 5) is 46.0. The molecule has 0 aliphatic heterocycles. The normalized spacial score (nSPS) is 10.4. The molecule has 8 heteroatoms. The van der Waals surface area contributed by atoms with Crippen LogP contribution in [0.15, 0.2) is 41.3 Å². The van der Waals surface area contributed by atoms with Crippen LogP contribution in [-0.2, 0) is 22.7 Å². The second-order valence-electron chi connectivity index (χ2n) is 4.49. The molecule has 0 spiro atoms. The number of rotatable bonds is 6. The van der Waals surface area contributed by atoms with E-state index in [-0.39, 0.29) is 11.3 Å². The number of carboxylic acids is 2. The van der Waals surface area contributed by atoms with E-state index >= 15 is 0 Å². The molecule has 0 fully saturated rings. The fourth-order valence-corrected chi connectivity index (χ4v) is 2.00. The average molecular weight is 304 g/mol. The van der Waals surface area contributed by atoms with Crippen LogP contribution in [0, 0.1) is 0 Å². The summed E-state index contributed by atoms with van der Waals surface area (Å²) in [5.74, 6) is -3.13. The summed E-state index contributed by atoms with van der Waals surface area (Å²) in [6, 6.07) is 8.00. The summed E-state index contributed by atoms with van der Waals surface area (Å²) in [5, 5.41) is 17.6. The molecule has 0 saturated carbocycles. The van der Waals surface area contributed by atoms with Gasteiger partial charge in [-0.1, -0.05) is 30.3 Å². The molecule has 0 aliphatic rings. The smallest absolute Gasteiger partial charge is 0.329 e. The van der Waals surface area contributed by atoms with Crippen molar-refractivity contribution in [2.75, 3.05) is 0 Å². The van der Waals surface area contributed by atoms with Gasteiger partial charge >= 0.3 is 17.6 Å². The third kappa shape index (κ3) is 3.11. The summed E-state index contributed by atoms with van der Waals surface area (Å²) in [6.07, 6.45) is 1.06. The quantitative estimate of drug-likeness (QED) is 0.728. The second kappa shape index (κ2) is 6.08. The van der Waals surface area contributed by atoms with E-state index in [1.54, 1.807) is 18.2 Å². The Labute approximate surface area is 123 Å². The topological polar surface area (TPSA) is 119 Å². The first-order chi connectivity index (χ1) is 10.4. The van der Waals surface area contributed by atoms with E-state index < -0.39 is 36.5 Å². The van der Waals surface area contributed by atoms with Gasteiger partial charge in [-0.3, -0.25) is 23.5 Å². The van der Waals surface area contributed by atoms with E-state index in [2.05, 4.69) is 0 Å². The summed E-state index contributed by atoms with van der Waals surface area (Å²) in [5.41, 5.74) is -0.752. The van der Waals surface area contributed by atoms with Crippen molar-refractivity contribution in [3.8, 4) is 0 Å². The molecule has 2 aromatic rings. The van der Waals surface area contributed by atoms with E-state index in [0.717, 1.165) is 15.3 Å². The van der Waals surface area contributed by atoms with Crippen molar-refractivity contribution in [2.24, 2.45) is 0 Å². The zero-order valence-electron chi connectivity index (χ0n) is 11.3. The number of carbonyl (C=O) groups is 3. The highest BCUT2D eigenvalue weighted by atomic mass is 16.4. The highest BCUT2D eigenvalue weighted by molar-refractivity contribution is 6.07. The lowest BCUT2D eigenvalue weighted by Gasteiger charge is -2.03. The van der Waals surface area contributed by atoms with E-state index in [1.165, 1.54) is 12.1 Å². The van der Waals surface area contributed by atoms with Gasteiger partial charge < -0.3 is 10.2 Å². The number of hydrogen-bond donors (Lipinski definition) is 2. The van der Waals surface area contributed by atoms with Crippen molar-refractivity contribution in [1.82, 2.24) is 9.13 Å². The van der Waals surface area contributed by atoms with Crippen LogP contribution < -0.4 is 5.69 Å². The van der Waals surface area contributed by atoms with Crippen molar-refractivity contribution in [1.29, 1.82) is 0 Å². The second-order valence-corrected chi connectivity index (χ2v) is 4.49. The molecule has 0 atom stereocenters. The number of aliphatic carboxylic acids is 2. The Hall–Kier alpha value is -3.16. The Morgan fingerprint density at radius 2 is 1.55 bits per heavy atom. The lowest BCUT2D eigenvalue weighted by Crippen LogP contribution is -2.30. The van der Waals surface area contributed by atoms with Gasteiger partial charge in [0.1, 0.15) is 18.8 Å². The highest BCUT2D eigenvalue weighted by Crippen LogP contribution is 2.09. The summed E-state index contributed by atoms with van der Waals surface area (Å²) in [7, 11) is 0. The Balaban J connectivity index is 2.53. The first kappa shape index (κ1) is 15.2. The molecule has 0 aliphatic carbocycles. The van der Waals surface area contributed by atoms with Gasteiger partial charge in [-0.05, 0) is 0 Å². The molecular formula is C14H12N2O6. The van der Waals surface area contributed by atoms with Crippen molar-refractivity contribution in [3.05, 3.63) is 58.3 Å². The lowest BCUT2D eigenvalue weighted by atomic mass is 10.1. The van der Waals surface area contributed by atoms with E-state index in [4.69, 9.17) is 10.2 Å². The van der Waals surface area contributed by atoms with Crippen molar-refractivity contribution >= 4 is 17.7 Å². The zero-order chi connectivity index (χ0) is 16.3. The molecular weight excluding hydrogens is 292 g/mol. The maximum Gasteiger partial charge on any atom is 0.329 e. The van der Waals surface area contributed by atoms with Gasteiger partial charge in [-0.2, -0.15) is 0 Å². The van der Waals surface area contributed by atoms with Gasteiger partial charge in [0, 0.05) is 11.8 Å². The average Bonchev–Trinajstić information content (AvgIpc) is 2.75. The number of ketones is 1. The summed E-state index contributed by atoms with van der Waals surface area (Å²) in [6.45, 7) is -1.38. The first-order valence-electron chi connectivity index (χ1n) is 6.23. The number of aromatic nitrogens is 2. The van der Waals surface area contributed by atoms with Gasteiger partial charge in [0.05, 0.1) is 0 Å². The minimum atomic E-state index is -1.31. The standard InChI is InChI=1S/C14H12N2O6/c17-11(18)7-15-6-10(16(14(15)22)8-12(19)20)13(21)9-4-2-1-3-5-9/h1-6H,7-8H2,(H,17,18)(H,19,20). The SMILES string of the molecule is O=C(O)Cn1cc(C(=O)c2ccccc2)n(CC(=O)O)c1=O. The molecule has 0 amide bonds. The maximum absolute atomic E-state index is 12.4. The first-order valence-corrected chi connectivity index (χ1v) is 6.23. The monoisotopic (exact) mass is 304 g/mol. The van der Waals surface area contributed by atoms with Crippen LogP contribution in [-0.4, -0.2) is 37.1 Å². The molecule has 8 nitrogen and oxygen atoms in total. The van der Waals surface area contributed by atoms with Gasteiger partial charge in [-0.25, -0.2) is 4.79 Å². The fourth-order valence-electron chi connectivity index (χ4n) is 2.00. The molecule has 1 aromatic carbocycles. The summed E-state index contributed by atoms with van der Waals surface area (Å²) < 4.78 is 1.54. The van der Waals surface area contributed by atoms with Gasteiger partial charge in [-0.15, -0.1) is 0 Å². The summed E-state index contributed by atoms with van der Waals surface area (Å²) >= 11 is 0. The highest BCUT2D eigenvalue weighted by Gasteiger charge is 2.21. The van der Waals surface area contributed by atoms with E-state index in [9.17, 15) is 19.2 Å². The molecule has 114 valence electrons. The minimum Gasteiger partial charge on any atom is -0.480 e. The lowest BCUT2D eigenvalue weighted by molar-refractivity contribution is -0.138. The van der Waals surface area contributed by atoms with Crippen LogP contribution in [0.1, 0.15) is 16.1 Å². The maximum atomic E-state index is 12.4. The Morgan fingerprint density at radius 1 is 0.955 bits per heavy atom. The van der Waals surface area contributed by atoms with E-state index in [1.807, 2.05) is 0 Å². The molecule has 0 saturated heterocycles. The molecule has 1 aromatic heterocycles. The molecule has 0 bridgehead atoms. The molecule has 1 heterocycles. The molecule has 2 N–H and O–H groups in total. The predicted octanol–water partition coefficient (Wildman–Crippen LogP) is 0.0500. The Kier molecular flexibility index (Phi) is 4.21. The van der Waals surface area contributed by atoms with Crippen LogP contribution in [0.25, 0.3) is 0 Å². The van der Waals surface area contributed by atoms with Crippen LogP contribution >= 0.6 is 0 Å². The molecule has 2 rings (SSSR count). The zero-order valence-corrected chi connectivity index (χ0v) is 11.3. The number of carbonyl (C=O) groups excluding carboxylic acids is 1. The number of imidazole rings is 1. The molecule has 22 heavy (non-hydrogen) atoms. The third-order valence-electron chi connectivity index (χ3n) is 2.91. The van der Waals surface area contributed by atoms with Crippen LogP contribution in [0.2, 0.25) is 0 Å². The largest absolute Gasteiger partial charge is 0.480 e. The number of nitrogens with zero attached hydrogens (tertiary/aromatic N) is 2. The number of carboxylic acid groups (broad SMARTS) is 2. The Morgan fingerprint density at radius 3 is 2.09 bits per heavy atom. The van der Waals surface area contributed by atoms with E-state index in [0.29, 0.717) is 0 Å². The minimum absolute atomic E-state index is 0.167. The fraction of sp³-hybridized carbons (Fsp3) is 0.143. The van der Waals surface area contributed by atoms with Crippen molar-refractivity contribution in [3.63, 3.8) is 0 Å². The predicted molar refractivity (Wildman–Crippen MR) is 73.8 cm³/mol. The van der Waals surface area contributed by atoms with Crippen molar-refractivity contribution in [2.45, 2.75) is 13.1 Å². The van der Waals surface area contributed by atoms with Crippen LogP contribution in [0.5, 0.6) is 0 Å².